The van der Waals surface area contributed by atoms with Crippen molar-refractivity contribution in [2.45, 2.75) is 0 Å². The van der Waals surface area contributed by atoms with Gasteiger partial charge in [-0.3, -0.25) is 0 Å². The molecule has 0 aromatic heterocycles. The highest BCUT2D eigenvalue weighted by molar-refractivity contribution is 8.13. The molecule has 0 fully saturated rings. The molecule has 138 valence electrons. The molecule has 0 radical (unpaired) electrons. The van der Waals surface area contributed by atoms with Crippen LogP contribution in [0.25, 0.3) is 0 Å². The van der Waals surface area contributed by atoms with Crippen LogP contribution in [0.2, 0.25) is 0 Å². The third-order valence-electron chi connectivity index (χ3n) is 4.55. The first kappa shape index (κ1) is 19.1. The molecule has 0 aliphatic carbocycles. The van der Waals surface area contributed by atoms with Crippen LogP contribution < -0.4 is 21.2 Å². The molecule has 4 rings (SSSR count). The predicted octanol–water partition coefficient (Wildman–Crippen LogP) is 4.03. The van der Waals surface area contributed by atoms with Gasteiger partial charge in [0, 0.05) is 0 Å². The fourth-order valence-corrected chi connectivity index (χ4v) is 9.67. The van der Waals surface area contributed by atoms with Crippen LogP contribution in [0.1, 0.15) is 0 Å². The molecule has 4 aromatic rings. The molecule has 0 amide bonds. The standard InChI is InChI=1S/C25H25BP2/c26-28(24-17-9-3-10-18-24,25-19-11-4-12-20-25)21-27(22-13-5-1-6-14-22)23-15-7-2-8-16-23/h1-20H,21H2,26H3. The Labute approximate surface area is 171 Å². The summed E-state index contributed by atoms with van der Waals surface area (Å²) in [5.41, 5.74) is 0. The molecule has 0 nitrogen and oxygen atoms in total. The van der Waals surface area contributed by atoms with Gasteiger partial charge in [-0.25, -0.2) is 0 Å². The van der Waals surface area contributed by atoms with Gasteiger partial charge in [0.15, 0.2) is 0 Å². The van der Waals surface area contributed by atoms with Gasteiger partial charge in [0.05, 0.1) is 16.5 Å². The van der Waals surface area contributed by atoms with Crippen molar-refractivity contribution in [3.63, 3.8) is 0 Å². The van der Waals surface area contributed by atoms with E-state index in [-0.39, 0.29) is 15.5 Å². The van der Waals surface area contributed by atoms with E-state index in [9.17, 15) is 0 Å². The summed E-state index contributed by atoms with van der Waals surface area (Å²) in [6, 6.07) is 45.1. The Hall–Kier alpha value is -2.20. The maximum atomic E-state index is 2.39. The average molecular weight is 398 g/mol. The van der Waals surface area contributed by atoms with Gasteiger partial charge in [0.1, 0.15) is 7.57 Å². The zero-order valence-electron chi connectivity index (χ0n) is 15.1. The molecular formula is C25H25BP2. The Kier molecular flexibility index (Phi) is 6.06. The van der Waals surface area contributed by atoms with Crippen LogP contribution in [0.15, 0.2) is 121 Å². The highest BCUT2D eigenvalue weighted by Crippen LogP contribution is 2.60. The van der Waals surface area contributed by atoms with Crippen molar-refractivity contribution in [2.75, 3.05) is 5.90 Å². The Bertz CT molecular complexity index is 911. The second-order valence-electron chi connectivity index (χ2n) is 6.34. The van der Waals surface area contributed by atoms with Gasteiger partial charge in [-0.15, -0.1) is 0 Å². The molecule has 0 unspecified atom stereocenters. The van der Waals surface area contributed by atoms with Crippen LogP contribution in [0, 0.1) is 0 Å². The van der Waals surface area contributed by atoms with Gasteiger partial charge in [-0.2, -0.15) is 0 Å². The number of hydrogen-bond acceptors (Lipinski definition) is 0. The maximum absolute atomic E-state index is 2.39. The first-order valence-electron chi connectivity index (χ1n) is 9.17. The van der Waals surface area contributed by atoms with Crippen molar-refractivity contribution in [3.8, 4) is 0 Å². The molecule has 0 heterocycles. The Balaban J connectivity index is 1.84. The largest absolute Gasteiger partial charge is 0.138 e. The normalized spacial score (nSPS) is 11.5. The molecule has 0 saturated carbocycles. The van der Waals surface area contributed by atoms with Crippen molar-refractivity contribution >= 4 is 43.8 Å². The van der Waals surface area contributed by atoms with E-state index in [0.29, 0.717) is 0 Å². The monoisotopic (exact) mass is 398 g/mol. The summed E-state index contributed by atoms with van der Waals surface area (Å²) in [6.07, 6.45) is 0. The number of rotatable bonds is 6. The summed E-state index contributed by atoms with van der Waals surface area (Å²) in [5.74, 6) is 1.30. The van der Waals surface area contributed by atoms with Crippen molar-refractivity contribution in [2.24, 2.45) is 0 Å². The van der Waals surface area contributed by atoms with E-state index in [1.165, 1.54) is 16.5 Å². The Morgan fingerprint density at radius 1 is 0.500 bits per heavy atom. The van der Waals surface area contributed by atoms with Crippen molar-refractivity contribution in [3.05, 3.63) is 121 Å². The van der Waals surface area contributed by atoms with E-state index < -0.39 is 7.14 Å². The van der Waals surface area contributed by atoms with E-state index in [4.69, 9.17) is 0 Å². The molecule has 0 aliphatic heterocycles. The first-order chi connectivity index (χ1) is 13.8. The summed E-state index contributed by atoms with van der Waals surface area (Å²) in [6.45, 7) is 0. The molecule has 4 aromatic carbocycles. The number of hydrogen-bond donors (Lipinski definition) is 0. The minimum atomic E-state index is -1.28. The summed E-state index contributed by atoms with van der Waals surface area (Å²) < 4.78 is 0. The lowest BCUT2D eigenvalue weighted by Crippen LogP contribution is -2.27. The van der Waals surface area contributed by atoms with Gasteiger partial charge in [0.2, 0.25) is 0 Å². The molecule has 0 spiro atoms. The zero-order chi connectivity index (χ0) is 19.2. The highest BCUT2D eigenvalue weighted by atomic mass is 31.2. The summed E-state index contributed by atoms with van der Waals surface area (Å²) in [7, 11) is -1.56. The van der Waals surface area contributed by atoms with Crippen molar-refractivity contribution in [1.82, 2.24) is 0 Å². The predicted molar refractivity (Wildman–Crippen MR) is 133 cm³/mol. The van der Waals surface area contributed by atoms with Gasteiger partial charge in [0.25, 0.3) is 0 Å². The van der Waals surface area contributed by atoms with E-state index in [1.54, 1.807) is 10.6 Å². The molecular weight excluding hydrogens is 373 g/mol. The van der Waals surface area contributed by atoms with Crippen LogP contribution in [-0.2, 0) is 0 Å². The van der Waals surface area contributed by atoms with Crippen molar-refractivity contribution < 1.29 is 0 Å². The molecule has 0 N–H and O–H groups in total. The first-order valence-corrected chi connectivity index (χ1v) is 12.2. The molecule has 3 heteroatoms. The second kappa shape index (κ2) is 8.87. The minimum Gasteiger partial charge on any atom is -0.0880 e. The van der Waals surface area contributed by atoms with Crippen LogP contribution in [0.4, 0.5) is 0 Å². The summed E-state index contributed by atoms with van der Waals surface area (Å²) in [5, 5.41) is 6.20. The SMILES string of the molecule is [BH3-][P+](CP(c1ccccc1)c1ccccc1)(c1ccccc1)c1ccccc1. The minimum absolute atomic E-state index is 0.0974. The van der Waals surface area contributed by atoms with Crippen LogP contribution in [0.5, 0.6) is 0 Å². The fraction of sp³-hybridized carbons (Fsp3) is 0.0400. The topological polar surface area (TPSA) is 0 Å². The fourth-order valence-electron chi connectivity index (χ4n) is 3.20. The van der Waals surface area contributed by atoms with Gasteiger partial charge < -0.3 is 0 Å². The quantitative estimate of drug-likeness (QED) is 0.340. The third kappa shape index (κ3) is 4.12. The van der Waals surface area contributed by atoms with Gasteiger partial charge >= 0.3 is 0 Å². The van der Waals surface area contributed by atoms with E-state index in [0.717, 1.165) is 0 Å². The van der Waals surface area contributed by atoms with Gasteiger partial charge in [-0.1, -0.05) is 104 Å². The Morgan fingerprint density at radius 3 is 1.18 bits per heavy atom. The lowest BCUT2D eigenvalue weighted by molar-refractivity contribution is 1.73. The summed E-state index contributed by atoms with van der Waals surface area (Å²) in [4.78, 5) is 0. The molecule has 28 heavy (non-hydrogen) atoms. The molecule has 0 saturated heterocycles. The third-order valence-corrected chi connectivity index (χ3v) is 10.5. The van der Waals surface area contributed by atoms with Crippen LogP contribution in [0.3, 0.4) is 0 Å². The smallest absolute Gasteiger partial charge is 0.0880 e. The number of benzene rings is 4. The second-order valence-corrected chi connectivity index (χ2v) is 11.2. The molecule has 0 aliphatic rings. The zero-order valence-corrected chi connectivity index (χ0v) is 16.9. The maximum Gasteiger partial charge on any atom is 0.138 e. The molecule has 0 atom stereocenters. The van der Waals surface area contributed by atoms with Crippen LogP contribution in [-0.4, -0.2) is 13.5 Å². The van der Waals surface area contributed by atoms with Crippen molar-refractivity contribution in [1.29, 1.82) is 0 Å². The van der Waals surface area contributed by atoms with E-state index in [1.807, 2.05) is 0 Å². The summed E-state index contributed by atoms with van der Waals surface area (Å²) >= 11 is 0. The van der Waals surface area contributed by atoms with Gasteiger partial charge in [-0.05, 0) is 42.8 Å². The lowest BCUT2D eigenvalue weighted by atomic mass is 10.4. The van der Waals surface area contributed by atoms with E-state index in [2.05, 4.69) is 121 Å². The average Bonchev–Trinajstić information content (AvgIpc) is 2.80. The lowest BCUT2D eigenvalue weighted by Gasteiger charge is -2.34. The highest BCUT2D eigenvalue weighted by Gasteiger charge is 2.34. The van der Waals surface area contributed by atoms with E-state index >= 15 is 0 Å². The molecule has 0 bridgehead atoms. The Morgan fingerprint density at radius 2 is 0.821 bits per heavy atom. The van der Waals surface area contributed by atoms with Crippen LogP contribution >= 0.6 is 15.1 Å².